The molecule has 0 aromatic rings. The Morgan fingerprint density at radius 2 is 2.20 bits per heavy atom. The highest BCUT2D eigenvalue weighted by atomic mass is 16.5. The maximum Gasteiger partial charge on any atom is 0.149 e. The molecule has 0 aromatic carbocycles. The highest BCUT2D eigenvalue weighted by molar-refractivity contribution is 5.63. The molecule has 0 bridgehead atoms. The summed E-state index contributed by atoms with van der Waals surface area (Å²) in [5.74, 6) is 0. The van der Waals surface area contributed by atoms with E-state index in [0.29, 0.717) is 19.2 Å². The molecule has 0 aliphatic carbocycles. The largest absolute Gasteiger partial charge is 0.370 e. The molecule has 0 rings (SSSR count). The Hall–Kier alpha value is -0.700. The lowest BCUT2D eigenvalue weighted by molar-refractivity contribution is -0.122. The van der Waals surface area contributed by atoms with E-state index in [4.69, 9.17) is 4.74 Å². The molecule has 0 N–H and O–H groups in total. The van der Waals surface area contributed by atoms with Crippen LogP contribution in [0.2, 0.25) is 0 Å². The molecular formula is C7H12O3. The first-order valence-electron chi connectivity index (χ1n) is 3.35. The zero-order chi connectivity index (χ0) is 7.82. The minimum atomic E-state index is -0.530. The number of hydrogen-bond donors (Lipinski definition) is 0. The lowest BCUT2D eigenvalue weighted by Crippen LogP contribution is -2.15. The minimum absolute atomic E-state index is 0.170. The van der Waals surface area contributed by atoms with Gasteiger partial charge >= 0.3 is 0 Å². The van der Waals surface area contributed by atoms with E-state index in [-0.39, 0.29) is 6.42 Å². The van der Waals surface area contributed by atoms with Gasteiger partial charge in [-0.05, 0) is 6.42 Å². The van der Waals surface area contributed by atoms with Crippen molar-refractivity contribution in [3.63, 3.8) is 0 Å². The maximum absolute atomic E-state index is 10.1. The van der Waals surface area contributed by atoms with Crippen molar-refractivity contribution in [3.8, 4) is 0 Å². The average molecular weight is 144 g/mol. The summed E-state index contributed by atoms with van der Waals surface area (Å²) in [5.41, 5.74) is 0. The van der Waals surface area contributed by atoms with Crippen LogP contribution in [0, 0.1) is 0 Å². The smallest absolute Gasteiger partial charge is 0.149 e. The number of ether oxygens (including phenoxy) is 1. The molecule has 0 heterocycles. The molecular weight excluding hydrogens is 132 g/mol. The van der Waals surface area contributed by atoms with E-state index in [1.54, 1.807) is 0 Å². The number of rotatable bonds is 6. The zero-order valence-corrected chi connectivity index (χ0v) is 6.08. The van der Waals surface area contributed by atoms with Gasteiger partial charge in [-0.25, -0.2) is 0 Å². The van der Waals surface area contributed by atoms with Crippen LogP contribution in [0.1, 0.15) is 19.8 Å². The van der Waals surface area contributed by atoms with Gasteiger partial charge in [-0.15, -0.1) is 0 Å². The summed E-state index contributed by atoms with van der Waals surface area (Å²) >= 11 is 0. The normalized spacial score (nSPS) is 12.5. The molecule has 0 saturated carbocycles. The first kappa shape index (κ1) is 9.30. The predicted molar refractivity (Wildman–Crippen MR) is 36.8 cm³/mol. The van der Waals surface area contributed by atoms with Gasteiger partial charge in [-0.1, -0.05) is 6.92 Å². The summed E-state index contributed by atoms with van der Waals surface area (Å²) in [6, 6.07) is 0. The third-order valence-electron chi connectivity index (χ3n) is 1.02. The van der Waals surface area contributed by atoms with E-state index in [1.165, 1.54) is 0 Å². The van der Waals surface area contributed by atoms with Crippen molar-refractivity contribution in [2.75, 3.05) is 6.61 Å². The van der Waals surface area contributed by atoms with E-state index >= 15 is 0 Å². The van der Waals surface area contributed by atoms with Crippen molar-refractivity contribution in [1.82, 2.24) is 0 Å². The Balaban J connectivity index is 3.38. The Labute approximate surface area is 60.4 Å². The van der Waals surface area contributed by atoms with Gasteiger partial charge in [0.2, 0.25) is 0 Å². The Bertz CT molecular complexity index is 101. The van der Waals surface area contributed by atoms with Crippen molar-refractivity contribution in [2.45, 2.75) is 25.9 Å². The van der Waals surface area contributed by atoms with E-state index < -0.39 is 6.10 Å². The number of carbonyl (C=O) groups excluding carboxylic acids is 2. The van der Waals surface area contributed by atoms with E-state index in [2.05, 4.69) is 0 Å². The number of carbonyl (C=O) groups is 2. The summed E-state index contributed by atoms with van der Waals surface area (Å²) in [7, 11) is 0. The second-order valence-corrected chi connectivity index (χ2v) is 1.95. The number of aldehydes is 2. The molecule has 0 amide bonds. The third kappa shape index (κ3) is 4.21. The first-order chi connectivity index (χ1) is 4.85. The topological polar surface area (TPSA) is 43.4 Å². The fraction of sp³-hybridized carbons (Fsp3) is 0.714. The molecule has 0 radical (unpaired) electrons. The second-order valence-electron chi connectivity index (χ2n) is 1.95. The monoisotopic (exact) mass is 144 g/mol. The van der Waals surface area contributed by atoms with Crippen LogP contribution >= 0.6 is 0 Å². The number of hydrogen-bond acceptors (Lipinski definition) is 3. The maximum atomic E-state index is 10.1. The lowest BCUT2D eigenvalue weighted by atomic mass is 10.3. The van der Waals surface area contributed by atoms with Gasteiger partial charge in [0, 0.05) is 13.0 Å². The van der Waals surface area contributed by atoms with Gasteiger partial charge in [0.05, 0.1) is 0 Å². The fourth-order valence-electron chi connectivity index (χ4n) is 0.527. The van der Waals surface area contributed by atoms with Crippen molar-refractivity contribution < 1.29 is 14.3 Å². The molecule has 0 aromatic heterocycles. The van der Waals surface area contributed by atoms with Crippen molar-refractivity contribution in [3.05, 3.63) is 0 Å². The second kappa shape index (κ2) is 6.42. The molecule has 3 heteroatoms. The molecule has 1 atom stereocenters. The third-order valence-corrected chi connectivity index (χ3v) is 1.02. The van der Waals surface area contributed by atoms with Gasteiger partial charge in [-0.3, -0.25) is 0 Å². The SMILES string of the molecule is CCCOC(C=O)CC=O. The quantitative estimate of drug-likeness (QED) is 0.512. The van der Waals surface area contributed by atoms with Crippen LogP contribution in [0.15, 0.2) is 0 Å². The molecule has 1 unspecified atom stereocenters. The van der Waals surface area contributed by atoms with Crippen molar-refractivity contribution in [2.24, 2.45) is 0 Å². The molecule has 0 aliphatic rings. The van der Waals surface area contributed by atoms with Crippen molar-refractivity contribution >= 4 is 12.6 Å². The summed E-state index contributed by atoms with van der Waals surface area (Å²) in [5, 5.41) is 0. The van der Waals surface area contributed by atoms with Crippen LogP contribution < -0.4 is 0 Å². The molecule has 3 nitrogen and oxygen atoms in total. The van der Waals surface area contributed by atoms with Crippen LogP contribution in [0.5, 0.6) is 0 Å². The van der Waals surface area contributed by atoms with Gasteiger partial charge in [-0.2, -0.15) is 0 Å². The van der Waals surface area contributed by atoms with E-state index in [9.17, 15) is 9.59 Å². The summed E-state index contributed by atoms with van der Waals surface area (Å²) in [6.45, 7) is 2.49. The van der Waals surface area contributed by atoms with Gasteiger partial charge in [0.1, 0.15) is 18.7 Å². The summed E-state index contributed by atoms with van der Waals surface area (Å²) < 4.78 is 4.98. The fourth-order valence-corrected chi connectivity index (χ4v) is 0.527. The van der Waals surface area contributed by atoms with Gasteiger partial charge < -0.3 is 14.3 Å². The van der Waals surface area contributed by atoms with E-state index in [0.717, 1.165) is 6.42 Å². The lowest BCUT2D eigenvalue weighted by Gasteiger charge is -2.05. The minimum Gasteiger partial charge on any atom is -0.370 e. The molecule has 10 heavy (non-hydrogen) atoms. The standard InChI is InChI=1S/C7H12O3/c1-2-5-10-7(6-9)3-4-8/h4,6-7H,2-3,5H2,1H3. The molecule has 0 spiro atoms. The summed E-state index contributed by atoms with van der Waals surface area (Å²) in [6.07, 6.45) is 1.85. The van der Waals surface area contributed by atoms with Crippen molar-refractivity contribution in [1.29, 1.82) is 0 Å². The van der Waals surface area contributed by atoms with Crippen LogP contribution in [-0.2, 0) is 14.3 Å². The van der Waals surface area contributed by atoms with Gasteiger partial charge in [0.25, 0.3) is 0 Å². The van der Waals surface area contributed by atoms with Crippen LogP contribution in [0.3, 0.4) is 0 Å². The van der Waals surface area contributed by atoms with E-state index in [1.807, 2.05) is 6.92 Å². The Morgan fingerprint density at radius 1 is 1.50 bits per heavy atom. The highest BCUT2D eigenvalue weighted by Gasteiger charge is 2.04. The Morgan fingerprint density at radius 3 is 2.60 bits per heavy atom. The first-order valence-corrected chi connectivity index (χ1v) is 3.35. The Kier molecular flexibility index (Phi) is 5.97. The van der Waals surface area contributed by atoms with Crippen LogP contribution in [0.25, 0.3) is 0 Å². The molecule has 0 fully saturated rings. The molecule has 0 aliphatic heterocycles. The van der Waals surface area contributed by atoms with Crippen LogP contribution in [-0.4, -0.2) is 25.3 Å². The average Bonchev–Trinajstić information content (AvgIpc) is 1.98. The molecule has 0 saturated heterocycles. The predicted octanol–water partition coefficient (Wildman–Crippen LogP) is 0.570. The molecule has 58 valence electrons. The zero-order valence-electron chi connectivity index (χ0n) is 6.08. The summed E-state index contributed by atoms with van der Waals surface area (Å²) in [4.78, 5) is 20.0. The van der Waals surface area contributed by atoms with Gasteiger partial charge in [0.15, 0.2) is 0 Å². The van der Waals surface area contributed by atoms with Crippen LogP contribution in [0.4, 0.5) is 0 Å². The highest BCUT2D eigenvalue weighted by Crippen LogP contribution is 1.92.